The molecule has 1 amide bonds. The summed E-state index contributed by atoms with van der Waals surface area (Å²) < 4.78 is 5.11. The van der Waals surface area contributed by atoms with Gasteiger partial charge in [0, 0.05) is 25.3 Å². The fraction of sp³-hybridized carbons (Fsp3) is 0.500. The molecule has 0 heterocycles. The number of nitriles is 1. The van der Waals surface area contributed by atoms with E-state index in [-0.39, 0.29) is 5.91 Å². The molecule has 5 heteroatoms. The van der Waals surface area contributed by atoms with Crippen LogP contribution >= 0.6 is 0 Å². The Balaban J connectivity index is 2.29. The molecule has 0 fully saturated rings. The molecule has 1 unspecified atom stereocenters. The highest BCUT2D eigenvalue weighted by molar-refractivity contribution is 5.90. The zero-order valence-corrected chi connectivity index (χ0v) is 12.9. The number of carbonyl (C=O) groups is 1. The van der Waals surface area contributed by atoms with E-state index in [0.717, 1.165) is 18.7 Å². The van der Waals surface area contributed by atoms with Crippen LogP contribution in [-0.4, -0.2) is 44.2 Å². The van der Waals surface area contributed by atoms with E-state index < -0.39 is 0 Å². The second-order valence-corrected chi connectivity index (χ2v) is 5.13. The molecule has 0 spiro atoms. The fourth-order valence-electron chi connectivity index (χ4n) is 1.93. The minimum absolute atomic E-state index is 0.00694. The molecule has 21 heavy (non-hydrogen) atoms. The van der Waals surface area contributed by atoms with Crippen LogP contribution in [0, 0.1) is 11.3 Å². The number of hydrogen-bond acceptors (Lipinski definition) is 4. The van der Waals surface area contributed by atoms with Gasteiger partial charge in [0.15, 0.2) is 0 Å². The largest absolute Gasteiger partial charge is 0.383 e. The van der Waals surface area contributed by atoms with E-state index >= 15 is 0 Å². The smallest absolute Gasteiger partial charge is 0.224 e. The zero-order chi connectivity index (χ0) is 15.7. The highest BCUT2D eigenvalue weighted by Gasteiger charge is 2.09. The lowest BCUT2D eigenvalue weighted by atomic mass is 10.2. The van der Waals surface area contributed by atoms with Crippen LogP contribution in [0.15, 0.2) is 24.3 Å². The summed E-state index contributed by atoms with van der Waals surface area (Å²) in [6.07, 6.45) is 1.27. The zero-order valence-electron chi connectivity index (χ0n) is 12.9. The molecule has 114 valence electrons. The van der Waals surface area contributed by atoms with Crippen LogP contribution in [-0.2, 0) is 9.53 Å². The minimum Gasteiger partial charge on any atom is -0.383 e. The lowest BCUT2D eigenvalue weighted by Gasteiger charge is -2.23. The summed E-state index contributed by atoms with van der Waals surface area (Å²) >= 11 is 0. The molecule has 0 saturated heterocycles. The van der Waals surface area contributed by atoms with Crippen molar-refractivity contribution < 1.29 is 9.53 Å². The van der Waals surface area contributed by atoms with E-state index in [2.05, 4.69) is 17.1 Å². The molecule has 1 atom stereocenters. The van der Waals surface area contributed by atoms with Crippen molar-refractivity contribution in [2.45, 2.75) is 25.8 Å². The van der Waals surface area contributed by atoms with Crippen molar-refractivity contribution in [3.8, 4) is 6.07 Å². The van der Waals surface area contributed by atoms with Crippen LogP contribution < -0.4 is 5.32 Å². The molecule has 0 radical (unpaired) electrons. The van der Waals surface area contributed by atoms with Crippen LogP contribution in [0.4, 0.5) is 5.69 Å². The Kier molecular flexibility index (Phi) is 7.44. The van der Waals surface area contributed by atoms with Crippen LogP contribution in [0.2, 0.25) is 0 Å². The Hall–Kier alpha value is -1.90. The van der Waals surface area contributed by atoms with Crippen LogP contribution in [0.3, 0.4) is 0 Å². The summed E-state index contributed by atoms with van der Waals surface area (Å²) in [5.41, 5.74) is 1.31. The summed E-state index contributed by atoms with van der Waals surface area (Å²) in [5.74, 6) is -0.00694. The van der Waals surface area contributed by atoms with Gasteiger partial charge in [-0.1, -0.05) is 0 Å². The minimum atomic E-state index is -0.00694. The SMILES string of the molecule is COCC(C)N(C)CCCC(=O)Nc1ccc(C#N)cc1. The number of likely N-dealkylation sites (N-methyl/N-ethyl adjacent to an activating group) is 1. The maximum atomic E-state index is 11.8. The first-order chi connectivity index (χ1) is 10.1. The summed E-state index contributed by atoms with van der Waals surface area (Å²) in [6.45, 7) is 3.64. The number of nitrogens with one attached hydrogen (secondary N) is 1. The first kappa shape index (κ1) is 17.2. The molecule has 0 aliphatic heterocycles. The van der Waals surface area contributed by atoms with Gasteiger partial charge in [-0.2, -0.15) is 5.26 Å². The molecule has 1 N–H and O–H groups in total. The van der Waals surface area contributed by atoms with Crippen molar-refractivity contribution >= 4 is 11.6 Å². The average Bonchev–Trinajstić information content (AvgIpc) is 2.48. The second-order valence-electron chi connectivity index (χ2n) is 5.13. The third-order valence-corrected chi connectivity index (χ3v) is 3.37. The maximum absolute atomic E-state index is 11.8. The maximum Gasteiger partial charge on any atom is 0.224 e. The van der Waals surface area contributed by atoms with Gasteiger partial charge in [0.2, 0.25) is 5.91 Å². The standard InChI is InChI=1S/C16H23N3O2/c1-13(12-21-3)19(2)10-4-5-16(20)18-15-8-6-14(11-17)7-9-15/h6-9,13H,4-5,10,12H2,1-3H3,(H,18,20). The molecule has 0 saturated carbocycles. The molecule has 1 rings (SSSR count). The van der Waals surface area contributed by atoms with Gasteiger partial charge >= 0.3 is 0 Å². The van der Waals surface area contributed by atoms with Gasteiger partial charge in [0.1, 0.15) is 0 Å². The highest BCUT2D eigenvalue weighted by Crippen LogP contribution is 2.09. The fourth-order valence-corrected chi connectivity index (χ4v) is 1.93. The van der Waals surface area contributed by atoms with Gasteiger partial charge in [-0.05, 0) is 51.2 Å². The Bertz CT molecular complexity index is 479. The number of methoxy groups -OCH3 is 1. The van der Waals surface area contributed by atoms with Crippen LogP contribution in [0.5, 0.6) is 0 Å². The molecule has 1 aromatic rings. The molecule has 0 bridgehead atoms. The normalized spacial score (nSPS) is 12.0. The molecule has 0 aliphatic rings. The van der Waals surface area contributed by atoms with Gasteiger partial charge in [-0.15, -0.1) is 0 Å². The van der Waals surface area contributed by atoms with Crippen molar-refractivity contribution in [1.29, 1.82) is 5.26 Å². The third-order valence-electron chi connectivity index (χ3n) is 3.37. The molecule has 5 nitrogen and oxygen atoms in total. The number of anilines is 1. The van der Waals surface area contributed by atoms with Gasteiger partial charge in [0.25, 0.3) is 0 Å². The first-order valence-electron chi connectivity index (χ1n) is 7.06. The van der Waals surface area contributed by atoms with Crippen LogP contribution in [0.25, 0.3) is 0 Å². The van der Waals surface area contributed by atoms with E-state index in [9.17, 15) is 4.79 Å². The van der Waals surface area contributed by atoms with Gasteiger partial charge in [-0.25, -0.2) is 0 Å². The van der Waals surface area contributed by atoms with E-state index in [1.54, 1.807) is 31.4 Å². The number of amides is 1. The summed E-state index contributed by atoms with van der Waals surface area (Å²) in [5, 5.41) is 11.5. The van der Waals surface area contributed by atoms with Crippen LogP contribution in [0.1, 0.15) is 25.3 Å². The first-order valence-corrected chi connectivity index (χ1v) is 7.06. The van der Waals surface area contributed by atoms with Crippen molar-refractivity contribution in [3.63, 3.8) is 0 Å². The van der Waals surface area contributed by atoms with E-state index in [1.165, 1.54) is 0 Å². The Labute approximate surface area is 126 Å². The van der Waals surface area contributed by atoms with Crippen molar-refractivity contribution in [1.82, 2.24) is 4.90 Å². The lowest BCUT2D eigenvalue weighted by Crippen LogP contribution is -2.33. The van der Waals surface area contributed by atoms with Gasteiger partial charge in [-0.3, -0.25) is 4.79 Å². The topological polar surface area (TPSA) is 65.4 Å². The van der Waals surface area contributed by atoms with E-state index in [4.69, 9.17) is 10.00 Å². The Morgan fingerprint density at radius 1 is 1.43 bits per heavy atom. The number of carbonyl (C=O) groups excluding carboxylic acids is 1. The number of ether oxygens (including phenoxy) is 1. The third kappa shape index (κ3) is 6.39. The predicted octanol–water partition coefficient (Wildman–Crippen LogP) is 2.24. The number of nitrogens with zero attached hydrogens (tertiary/aromatic N) is 2. The molecule has 0 aliphatic carbocycles. The van der Waals surface area contributed by atoms with Crippen molar-refractivity contribution in [3.05, 3.63) is 29.8 Å². The number of benzene rings is 1. The van der Waals surface area contributed by atoms with E-state index in [1.807, 2.05) is 13.1 Å². The molecule has 0 aromatic heterocycles. The van der Waals surface area contributed by atoms with Gasteiger partial charge < -0.3 is 15.0 Å². The number of hydrogen-bond donors (Lipinski definition) is 1. The Morgan fingerprint density at radius 2 is 2.10 bits per heavy atom. The summed E-state index contributed by atoms with van der Waals surface area (Å²) in [7, 11) is 3.72. The van der Waals surface area contributed by atoms with Crippen molar-refractivity contribution in [2.24, 2.45) is 0 Å². The average molecular weight is 289 g/mol. The van der Waals surface area contributed by atoms with Gasteiger partial charge in [0.05, 0.1) is 18.2 Å². The monoisotopic (exact) mass is 289 g/mol. The second kappa shape index (κ2) is 9.11. The Morgan fingerprint density at radius 3 is 2.67 bits per heavy atom. The number of rotatable bonds is 8. The highest BCUT2D eigenvalue weighted by atomic mass is 16.5. The molecular weight excluding hydrogens is 266 g/mol. The quantitative estimate of drug-likeness (QED) is 0.797. The summed E-state index contributed by atoms with van der Waals surface area (Å²) in [6, 6.07) is 9.25. The predicted molar refractivity (Wildman–Crippen MR) is 83.0 cm³/mol. The molecular formula is C16H23N3O2. The van der Waals surface area contributed by atoms with E-state index in [0.29, 0.717) is 24.6 Å². The molecule has 1 aromatic carbocycles. The van der Waals surface area contributed by atoms with Crippen molar-refractivity contribution in [2.75, 3.05) is 32.6 Å². The summed E-state index contributed by atoms with van der Waals surface area (Å²) in [4.78, 5) is 14.0. The lowest BCUT2D eigenvalue weighted by molar-refractivity contribution is -0.116.